The van der Waals surface area contributed by atoms with Crippen molar-refractivity contribution < 1.29 is 22.9 Å². The number of ether oxygens (including phenoxy) is 1. The standard InChI is InChI=1S/C14H11F2N5O4/c1-8-6-11(21(22)23)19-20(8)7-12-17-18-13(25-12)9-2-4-10(5-3-9)24-14(15)16/h2-6,14H,7H2,1H3. The fourth-order valence-electron chi connectivity index (χ4n) is 2.08. The van der Waals surface area contributed by atoms with E-state index in [9.17, 15) is 18.9 Å². The van der Waals surface area contributed by atoms with Crippen LogP contribution < -0.4 is 4.74 Å². The molecular weight excluding hydrogens is 340 g/mol. The third-order valence-electron chi connectivity index (χ3n) is 3.23. The Morgan fingerprint density at radius 2 is 2.04 bits per heavy atom. The number of aryl methyl sites for hydroxylation is 1. The van der Waals surface area contributed by atoms with Crippen LogP contribution in [-0.2, 0) is 6.54 Å². The van der Waals surface area contributed by atoms with Crippen LogP contribution in [0.1, 0.15) is 11.6 Å². The molecule has 0 aliphatic rings. The molecule has 130 valence electrons. The number of hydrogen-bond acceptors (Lipinski definition) is 7. The molecule has 0 aliphatic carbocycles. The lowest BCUT2D eigenvalue weighted by Crippen LogP contribution is -2.04. The van der Waals surface area contributed by atoms with E-state index in [1.54, 1.807) is 6.92 Å². The SMILES string of the molecule is Cc1cc([N+](=O)[O-])nn1Cc1nnc(-c2ccc(OC(F)F)cc2)o1. The maximum atomic E-state index is 12.1. The summed E-state index contributed by atoms with van der Waals surface area (Å²) < 4.78 is 35.4. The van der Waals surface area contributed by atoms with Gasteiger partial charge in [-0.2, -0.15) is 13.5 Å². The molecule has 0 saturated heterocycles. The van der Waals surface area contributed by atoms with Gasteiger partial charge in [0.15, 0.2) is 0 Å². The van der Waals surface area contributed by atoms with Gasteiger partial charge in [-0.05, 0) is 36.1 Å². The summed E-state index contributed by atoms with van der Waals surface area (Å²) in [5, 5.41) is 22.3. The summed E-state index contributed by atoms with van der Waals surface area (Å²) in [4.78, 5) is 10.1. The molecule has 3 aromatic rings. The predicted octanol–water partition coefficient (Wildman–Crippen LogP) is 2.80. The third-order valence-corrected chi connectivity index (χ3v) is 3.23. The van der Waals surface area contributed by atoms with Gasteiger partial charge in [0.2, 0.25) is 11.8 Å². The van der Waals surface area contributed by atoms with E-state index in [4.69, 9.17) is 4.42 Å². The average molecular weight is 351 g/mol. The summed E-state index contributed by atoms with van der Waals surface area (Å²) in [5.41, 5.74) is 1.09. The van der Waals surface area contributed by atoms with Crippen LogP contribution in [0, 0.1) is 17.0 Å². The van der Waals surface area contributed by atoms with Crippen molar-refractivity contribution in [3.63, 3.8) is 0 Å². The Bertz CT molecular complexity index is 891. The molecule has 0 saturated carbocycles. The van der Waals surface area contributed by atoms with Crippen LogP contribution >= 0.6 is 0 Å². The summed E-state index contributed by atoms with van der Waals surface area (Å²) >= 11 is 0. The van der Waals surface area contributed by atoms with Crippen molar-refractivity contribution in [3.05, 3.63) is 52.0 Å². The van der Waals surface area contributed by atoms with Gasteiger partial charge in [-0.3, -0.25) is 0 Å². The van der Waals surface area contributed by atoms with Gasteiger partial charge in [0.05, 0.1) is 16.9 Å². The number of halogens is 2. The Morgan fingerprint density at radius 3 is 2.64 bits per heavy atom. The number of nitrogens with zero attached hydrogens (tertiary/aromatic N) is 5. The van der Waals surface area contributed by atoms with Crippen molar-refractivity contribution in [2.45, 2.75) is 20.1 Å². The Hall–Kier alpha value is -3.37. The first kappa shape index (κ1) is 16.5. The fraction of sp³-hybridized carbons (Fsp3) is 0.214. The Labute approximate surface area is 139 Å². The lowest BCUT2D eigenvalue weighted by Gasteiger charge is -2.03. The second kappa shape index (κ2) is 6.63. The molecule has 0 bridgehead atoms. The van der Waals surface area contributed by atoms with Gasteiger partial charge >= 0.3 is 12.4 Å². The zero-order valence-electron chi connectivity index (χ0n) is 12.8. The average Bonchev–Trinajstić information content (AvgIpc) is 3.16. The van der Waals surface area contributed by atoms with E-state index in [-0.39, 0.29) is 29.9 Å². The molecule has 0 radical (unpaired) electrons. The first-order chi connectivity index (χ1) is 11.9. The molecule has 0 fully saturated rings. The Kier molecular flexibility index (Phi) is 4.37. The number of rotatable bonds is 6. The molecule has 1 aromatic carbocycles. The maximum Gasteiger partial charge on any atom is 0.390 e. The predicted molar refractivity (Wildman–Crippen MR) is 79.1 cm³/mol. The maximum absolute atomic E-state index is 12.1. The number of aromatic nitrogens is 4. The van der Waals surface area contributed by atoms with Crippen molar-refractivity contribution in [1.82, 2.24) is 20.0 Å². The van der Waals surface area contributed by atoms with Gasteiger partial charge in [0.1, 0.15) is 12.3 Å². The summed E-state index contributed by atoms with van der Waals surface area (Å²) in [6.45, 7) is -1.17. The topological polar surface area (TPSA) is 109 Å². The molecule has 0 atom stereocenters. The van der Waals surface area contributed by atoms with Crippen LogP contribution in [0.2, 0.25) is 0 Å². The van der Waals surface area contributed by atoms with E-state index in [1.807, 2.05) is 0 Å². The van der Waals surface area contributed by atoms with E-state index >= 15 is 0 Å². The van der Waals surface area contributed by atoms with Crippen LogP contribution in [0.4, 0.5) is 14.6 Å². The van der Waals surface area contributed by atoms with Crippen LogP contribution in [-0.4, -0.2) is 31.5 Å². The first-order valence-electron chi connectivity index (χ1n) is 6.99. The first-order valence-corrected chi connectivity index (χ1v) is 6.99. The largest absolute Gasteiger partial charge is 0.435 e. The number of hydrogen-bond donors (Lipinski definition) is 0. The molecule has 9 nitrogen and oxygen atoms in total. The van der Waals surface area contributed by atoms with Crippen LogP contribution in [0.5, 0.6) is 5.75 Å². The van der Waals surface area contributed by atoms with E-state index in [2.05, 4.69) is 20.0 Å². The second-order valence-electron chi connectivity index (χ2n) is 4.96. The van der Waals surface area contributed by atoms with Crippen molar-refractivity contribution >= 4 is 5.82 Å². The second-order valence-corrected chi connectivity index (χ2v) is 4.96. The van der Waals surface area contributed by atoms with Gasteiger partial charge in [-0.25, -0.2) is 0 Å². The van der Waals surface area contributed by atoms with Crippen molar-refractivity contribution in [3.8, 4) is 17.2 Å². The quantitative estimate of drug-likeness (QED) is 0.496. The molecule has 0 aliphatic heterocycles. The zero-order valence-corrected chi connectivity index (χ0v) is 12.8. The number of alkyl halides is 2. The lowest BCUT2D eigenvalue weighted by molar-refractivity contribution is -0.389. The van der Waals surface area contributed by atoms with E-state index in [0.717, 1.165) is 0 Å². The molecule has 11 heteroatoms. The summed E-state index contributed by atoms with van der Waals surface area (Å²) in [6, 6.07) is 7.04. The minimum Gasteiger partial charge on any atom is -0.435 e. The van der Waals surface area contributed by atoms with Crippen LogP contribution in [0.3, 0.4) is 0 Å². The minimum absolute atomic E-state index is 0.0120. The third kappa shape index (κ3) is 3.76. The zero-order chi connectivity index (χ0) is 18.0. The van der Waals surface area contributed by atoms with E-state index in [1.165, 1.54) is 35.0 Å². The van der Waals surface area contributed by atoms with E-state index < -0.39 is 11.5 Å². The van der Waals surface area contributed by atoms with Crippen LogP contribution in [0.15, 0.2) is 34.7 Å². The highest BCUT2D eigenvalue weighted by molar-refractivity contribution is 5.53. The summed E-state index contributed by atoms with van der Waals surface area (Å²) in [7, 11) is 0. The lowest BCUT2D eigenvalue weighted by atomic mass is 10.2. The van der Waals surface area contributed by atoms with Gasteiger partial charge < -0.3 is 19.3 Å². The van der Waals surface area contributed by atoms with Crippen LogP contribution in [0.25, 0.3) is 11.5 Å². The molecular formula is C14H11F2N5O4. The molecule has 2 aromatic heterocycles. The summed E-state index contributed by atoms with van der Waals surface area (Å²) in [6.07, 6.45) is 0. The molecule has 0 N–H and O–H groups in total. The Balaban J connectivity index is 1.75. The van der Waals surface area contributed by atoms with Gasteiger partial charge in [-0.15, -0.1) is 10.2 Å². The van der Waals surface area contributed by atoms with E-state index in [0.29, 0.717) is 11.3 Å². The fourth-order valence-corrected chi connectivity index (χ4v) is 2.08. The molecule has 3 rings (SSSR count). The normalized spacial score (nSPS) is 11.0. The van der Waals surface area contributed by atoms with Gasteiger partial charge in [0, 0.05) is 5.56 Å². The van der Waals surface area contributed by atoms with Gasteiger partial charge in [-0.1, -0.05) is 0 Å². The highest BCUT2D eigenvalue weighted by Crippen LogP contribution is 2.23. The molecule has 0 unspecified atom stereocenters. The molecule has 0 spiro atoms. The van der Waals surface area contributed by atoms with Gasteiger partial charge in [0.25, 0.3) is 0 Å². The Morgan fingerprint density at radius 1 is 1.32 bits per heavy atom. The highest BCUT2D eigenvalue weighted by Gasteiger charge is 2.18. The molecule has 25 heavy (non-hydrogen) atoms. The number of nitro groups is 1. The van der Waals surface area contributed by atoms with Crippen molar-refractivity contribution in [2.75, 3.05) is 0 Å². The number of benzene rings is 1. The monoisotopic (exact) mass is 351 g/mol. The van der Waals surface area contributed by atoms with Crippen molar-refractivity contribution in [1.29, 1.82) is 0 Å². The summed E-state index contributed by atoms with van der Waals surface area (Å²) in [5.74, 6) is 0.117. The molecule has 0 amide bonds. The molecule has 2 heterocycles. The smallest absolute Gasteiger partial charge is 0.390 e. The van der Waals surface area contributed by atoms with Crippen molar-refractivity contribution in [2.24, 2.45) is 0 Å². The minimum atomic E-state index is -2.90. The highest BCUT2D eigenvalue weighted by atomic mass is 19.3.